The van der Waals surface area contributed by atoms with Crippen molar-refractivity contribution in [2.24, 2.45) is 0 Å². The van der Waals surface area contributed by atoms with Gasteiger partial charge in [0.15, 0.2) is 0 Å². The largest absolute Gasteiger partial charge is 0.325 e. The Kier molecular flexibility index (Phi) is 5.66. The van der Waals surface area contributed by atoms with E-state index in [2.05, 4.69) is 22.5 Å². The number of hydrogen-bond donors (Lipinski definition) is 2. The molecular weight excluding hydrogens is 214 g/mol. The van der Waals surface area contributed by atoms with Gasteiger partial charge in [-0.05, 0) is 33.2 Å². The van der Waals surface area contributed by atoms with Crippen molar-refractivity contribution < 1.29 is 4.79 Å². The Morgan fingerprint density at radius 1 is 1.29 bits per heavy atom. The van der Waals surface area contributed by atoms with Crippen molar-refractivity contribution in [2.75, 3.05) is 32.5 Å². The number of amides is 1. The number of carbonyl (C=O) groups is 1. The highest BCUT2D eigenvalue weighted by molar-refractivity contribution is 5.92. The molecule has 0 bridgehead atoms. The van der Waals surface area contributed by atoms with Crippen LogP contribution in [0.15, 0.2) is 30.3 Å². The number of nitrogens with zero attached hydrogens (tertiary/aromatic N) is 1. The van der Waals surface area contributed by atoms with Gasteiger partial charge in [0, 0.05) is 18.3 Å². The van der Waals surface area contributed by atoms with E-state index in [4.69, 9.17) is 0 Å². The number of nitrogens with one attached hydrogen (secondary N) is 2. The summed E-state index contributed by atoms with van der Waals surface area (Å²) in [7, 11) is 4.05. The predicted octanol–water partition coefficient (Wildman–Crippen LogP) is 1.16. The highest BCUT2D eigenvalue weighted by atomic mass is 16.1. The molecular formula is C13H21N3O. The Hall–Kier alpha value is -1.39. The number of para-hydroxylation sites is 1. The molecule has 1 aromatic carbocycles. The van der Waals surface area contributed by atoms with E-state index < -0.39 is 0 Å². The summed E-state index contributed by atoms with van der Waals surface area (Å²) in [6.45, 7) is 3.25. The minimum atomic E-state index is -0.0119. The van der Waals surface area contributed by atoms with Gasteiger partial charge in [0.05, 0.1) is 6.54 Å². The summed E-state index contributed by atoms with van der Waals surface area (Å²) in [6, 6.07) is 9.89. The Balaban J connectivity index is 2.22. The third kappa shape index (κ3) is 5.47. The Bertz CT molecular complexity index is 338. The van der Waals surface area contributed by atoms with Crippen molar-refractivity contribution in [3.05, 3.63) is 30.3 Å². The lowest BCUT2D eigenvalue weighted by Gasteiger charge is -2.19. The zero-order valence-electron chi connectivity index (χ0n) is 10.7. The molecule has 0 aromatic heterocycles. The lowest BCUT2D eigenvalue weighted by atomic mass is 10.3. The molecule has 1 aromatic rings. The third-order valence-corrected chi connectivity index (χ3v) is 2.66. The molecule has 0 heterocycles. The molecule has 1 atom stereocenters. The average molecular weight is 235 g/mol. The van der Waals surface area contributed by atoms with E-state index in [1.165, 1.54) is 0 Å². The second-order valence-corrected chi connectivity index (χ2v) is 4.36. The monoisotopic (exact) mass is 235 g/mol. The Morgan fingerprint density at radius 2 is 1.94 bits per heavy atom. The van der Waals surface area contributed by atoms with Gasteiger partial charge in [-0.1, -0.05) is 18.2 Å². The van der Waals surface area contributed by atoms with Gasteiger partial charge in [-0.3, -0.25) is 4.79 Å². The van der Waals surface area contributed by atoms with Crippen molar-refractivity contribution in [1.29, 1.82) is 0 Å². The highest BCUT2D eigenvalue weighted by Crippen LogP contribution is 2.03. The van der Waals surface area contributed by atoms with Crippen molar-refractivity contribution in [1.82, 2.24) is 10.2 Å². The Labute approximate surface area is 103 Å². The molecule has 0 aliphatic carbocycles. The summed E-state index contributed by atoms with van der Waals surface area (Å²) in [5, 5.41) is 5.96. The van der Waals surface area contributed by atoms with Crippen LogP contribution >= 0.6 is 0 Å². The van der Waals surface area contributed by atoms with E-state index in [9.17, 15) is 4.79 Å². The first-order valence-electron chi connectivity index (χ1n) is 5.81. The van der Waals surface area contributed by atoms with E-state index in [0.717, 1.165) is 12.2 Å². The van der Waals surface area contributed by atoms with Crippen LogP contribution in [-0.4, -0.2) is 44.0 Å². The van der Waals surface area contributed by atoms with Gasteiger partial charge < -0.3 is 15.5 Å². The molecule has 1 unspecified atom stereocenters. The fraction of sp³-hybridized carbons (Fsp3) is 0.462. The molecule has 1 amide bonds. The van der Waals surface area contributed by atoms with Crippen LogP contribution in [0.4, 0.5) is 5.69 Å². The number of likely N-dealkylation sites (N-methyl/N-ethyl adjacent to an activating group) is 1. The van der Waals surface area contributed by atoms with Gasteiger partial charge in [-0.2, -0.15) is 0 Å². The smallest absolute Gasteiger partial charge is 0.238 e. The highest BCUT2D eigenvalue weighted by Gasteiger charge is 2.05. The molecule has 0 saturated carbocycles. The molecule has 0 fully saturated rings. The first-order chi connectivity index (χ1) is 8.09. The van der Waals surface area contributed by atoms with E-state index in [1.807, 2.05) is 44.4 Å². The standard InChI is InChI=1S/C13H21N3O/c1-11(16(2)3)9-14-10-13(17)15-12-7-5-4-6-8-12/h4-8,11,14H,9-10H2,1-3H3,(H,15,17). The van der Waals surface area contributed by atoms with E-state index in [-0.39, 0.29) is 5.91 Å². The van der Waals surface area contributed by atoms with Crippen LogP contribution in [0, 0.1) is 0 Å². The maximum Gasteiger partial charge on any atom is 0.238 e. The second-order valence-electron chi connectivity index (χ2n) is 4.36. The second kappa shape index (κ2) is 7.04. The summed E-state index contributed by atoms with van der Waals surface area (Å²) in [6.07, 6.45) is 0. The molecule has 4 nitrogen and oxygen atoms in total. The van der Waals surface area contributed by atoms with E-state index in [0.29, 0.717) is 12.6 Å². The maximum atomic E-state index is 11.6. The number of benzene rings is 1. The topological polar surface area (TPSA) is 44.4 Å². The van der Waals surface area contributed by atoms with Crippen molar-refractivity contribution in [2.45, 2.75) is 13.0 Å². The molecule has 0 radical (unpaired) electrons. The summed E-state index contributed by atoms with van der Waals surface area (Å²) >= 11 is 0. The lowest BCUT2D eigenvalue weighted by Crippen LogP contribution is -2.38. The van der Waals surface area contributed by atoms with Crippen LogP contribution in [0.5, 0.6) is 0 Å². The van der Waals surface area contributed by atoms with E-state index in [1.54, 1.807) is 0 Å². The summed E-state index contributed by atoms with van der Waals surface area (Å²) in [4.78, 5) is 13.7. The van der Waals surface area contributed by atoms with Gasteiger partial charge in [-0.25, -0.2) is 0 Å². The summed E-state index contributed by atoms with van der Waals surface area (Å²) in [5.41, 5.74) is 0.833. The Morgan fingerprint density at radius 3 is 2.53 bits per heavy atom. The number of carbonyl (C=O) groups excluding carboxylic acids is 1. The molecule has 1 rings (SSSR count). The average Bonchev–Trinajstić information content (AvgIpc) is 2.30. The van der Waals surface area contributed by atoms with Crippen LogP contribution in [0.3, 0.4) is 0 Å². The van der Waals surface area contributed by atoms with Crippen LogP contribution < -0.4 is 10.6 Å². The maximum absolute atomic E-state index is 11.6. The van der Waals surface area contributed by atoms with Crippen LogP contribution in [-0.2, 0) is 4.79 Å². The molecule has 0 aliphatic heterocycles. The molecule has 94 valence electrons. The van der Waals surface area contributed by atoms with Crippen LogP contribution in [0.2, 0.25) is 0 Å². The molecule has 0 saturated heterocycles. The van der Waals surface area contributed by atoms with Crippen LogP contribution in [0.25, 0.3) is 0 Å². The molecule has 17 heavy (non-hydrogen) atoms. The third-order valence-electron chi connectivity index (χ3n) is 2.66. The summed E-state index contributed by atoms with van der Waals surface area (Å²) < 4.78 is 0. The first-order valence-corrected chi connectivity index (χ1v) is 5.81. The predicted molar refractivity (Wildman–Crippen MR) is 71.1 cm³/mol. The lowest BCUT2D eigenvalue weighted by molar-refractivity contribution is -0.115. The minimum absolute atomic E-state index is 0.0119. The van der Waals surface area contributed by atoms with Crippen molar-refractivity contribution >= 4 is 11.6 Å². The minimum Gasteiger partial charge on any atom is -0.325 e. The zero-order valence-corrected chi connectivity index (χ0v) is 10.7. The number of hydrogen-bond acceptors (Lipinski definition) is 3. The van der Waals surface area contributed by atoms with Crippen molar-refractivity contribution in [3.8, 4) is 0 Å². The molecule has 2 N–H and O–H groups in total. The van der Waals surface area contributed by atoms with Crippen molar-refractivity contribution in [3.63, 3.8) is 0 Å². The molecule has 0 spiro atoms. The zero-order chi connectivity index (χ0) is 12.7. The van der Waals surface area contributed by atoms with Gasteiger partial charge >= 0.3 is 0 Å². The first kappa shape index (κ1) is 13.7. The quantitative estimate of drug-likeness (QED) is 0.778. The summed E-state index contributed by atoms with van der Waals surface area (Å²) in [5.74, 6) is -0.0119. The van der Waals surface area contributed by atoms with Gasteiger partial charge in [0.2, 0.25) is 5.91 Å². The van der Waals surface area contributed by atoms with Gasteiger partial charge in [0.1, 0.15) is 0 Å². The normalized spacial score (nSPS) is 12.5. The van der Waals surface area contributed by atoms with Crippen LogP contribution in [0.1, 0.15) is 6.92 Å². The van der Waals surface area contributed by atoms with E-state index >= 15 is 0 Å². The molecule has 0 aliphatic rings. The fourth-order valence-electron chi connectivity index (χ4n) is 1.30. The SMILES string of the molecule is CC(CNCC(=O)Nc1ccccc1)N(C)C. The van der Waals surface area contributed by atoms with Gasteiger partial charge in [-0.15, -0.1) is 0 Å². The number of anilines is 1. The van der Waals surface area contributed by atoms with Gasteiger partial charge in [0.25, 0.3) is 0 Å². The number of rotatable bonds is 6. The molecule has 4 heteroatoms. The fourth-order valence-corrected chi connectivity index (χ4v) is 1.30.